The largest absolute Gasteiger partial charge is 0.363 e. The Hall–Kier alpha value is -1.21. The van der Waals surface area contributed by atoms with Crippen LogP contribution >= 0.6 is 11.3 Å². The second kappa shape index (κ2) is 8.86. The number of hydrogen-bond donors (Lipinski definition) is 2. The number of carbonyl (C=O) groups is 1. The fraction of sp³-hybridized carbons (Fsp3) is 0.769. The zero-order valence-electron chi connectivity index (χ0n) is 12.8. The van der Waals surface area contributed by atoms with Gasteiger partial charge in [0, 0.05) is 13.1 Å². The first-order chi connectivity index (χ1) is 9.60. The summed E-state index contributed by atoms with van der Waals surface area (Å²) < 4.78 is 0. The zero-order chi connectivity index (χ0) is 15.0. The van der Waals surface area contributed by atoms with Crippen LogP contribution in [-0.2, 0) is 0 Å². The number of nitrogens with one attached hydrogen (secondary N) is 2. The Morgan fingerprint density at radius 3 is 2.60 bits per heavy atom. The van der Waals surface area contributed by atoms with Gasteiger partial charge in [0.2, 0.25) is 10.1 Å². The van der Waals surface area contributed by atoms with E-state index in [9.17, 15) is 4.79 Å². The summed E-state index contributed by atoms with van der Waals surface area (Å²) in [7, 11) is 1.76. The van der Waals surface area contributed by atoms with E-state index in [0.29, 0.717) is 10.1 Å². The van der Waals surface area contributed by atoms with E-state index in [2.05, 4.69) is 39.6 Å². The molecule has 0 saturated heterocycles. The SMILES string of the molecule is CCN(CC)CCCC(C)NC(=O)c1nnc(NC)s1. The van der Waals surface area contributed by atoms with E-state index >= 15 is 0 Å². The van der Waals surface area contributed by atoms with Gasteiger partial charge >= 0.3 is 0 Å². The van der Waals surface area contributed by atoms with Crippen molar-refractivity contribution >= 4 is 22.4 Å². The van der Waals surface area contributed by atoms with E-state index in [-0.39, 0.29) is 11.9 Å². The highest BCUT2D eigenvalue weighted by Gasteiger charge is 2.14. The summed E-state index contributed by atoms with van der Waals surface area (Å²) in [6.07, 6.45) is 2.06. The van der Waals surface area contributed by atoms with Crippen LogP contribution in [0.1, 0.15) is 43.4 Å². The first kappa shape index (κ1) is 16.8. The number of anilines is 1. The van der Waals surface area contributed by atoms with Gasteiger partial charge < -0.3 is 15.5 Å². The predicted octanol–water partition coefficient (Wildman–Crippen LogP) is 1.82. The molecule has 0 aromatic carbocycles. The number of hydrogen-bond acceptors (Lipinski definition) is 6. The molecule has 0 saturated carbocycles. The maximum Gasteiger partial charge on any atom is 0.282 e. The molecule has 0 spiro atoms. The minimum absolute atomic E-state index is 0.140. The normalized spacial score (nSPS) is 12.4. The fourth-order valence-electron chi connectivity index (χ4n) is 1.93. The van der Waals surface area contributed by atoms with Crippen molar-refractivity contribution in [1.29, 1.82) is 0 Å². The van der Waals surface area contributed by atoms with E-state index in [1.165, 1.54) is 11.3 Å². The Labute approximate surface area is 125 Å². The van der Waals surface area contributed by atoms with Crippen LogP contribution in [0.4, 0.5) is 5.13 Å². The van der Waals surface area contributed by atoms with Crippen LogP contribution in [0.3, 0.4) is 0 Å². The highest BCUT2D eigenvalue weighted by atomic mass is 32.1. The van der Waals surface area contributed by atoms with Gasteiger partial charge in [-0.2, -0.15) is 0 Å². The van der Waals surface area contributed by atoms with Crippen molar-refractivity contribution in [3.05, 3.63) is 5.01 Å². The quantitative estimate of drug-likeness (QED) is 0.728. The third-order valence-corrected chi connectivity index (χ3v) is 4.16. The molecular weight excluding hydrogens is 274 g/mol. The van der Waals surface area contributed by atoms with Gasteiger partial charge in [-0.1, -0.05) is 25.2 Å². The number of aromatic nitrogens is 2. The maximum atomic E-state index is 12.0. The molecule has 1 amide bonds. The molecule has 1 rings (SSSR count). The standard InChI is InChI=1S/C13H25N5OS/c1-5-18(6-2)9-7-8-10(3)15-11(19)12-16-17-13(14-4)20-12/h10H,5-9H2,1-4H3,(H,14,17)(H,15,19). The van der Waals surface area contributed by atoms with Crippen molar-refractivity contribution in [2.75, 3.05) is 32.0 Å². The van der Waals surface area contributed by atoms with E-state index in [0.717, 1.165) is 32.5 Å². The Morgan fingerprint density at radius 2 is 2.05 bits per heavy atom. The van der Waals surface area contributed by atoms with Gasteiger partial charge in [0.1, 0.15) is 0 Å². The molecule has 6 nitrogen and oxygen atoms in total. The molecule has 20 heavy (non-hydrogen) atoms. The average molecular weight is 299 g/mol. The average Bonchev–Trinajstić information content (AvgIpc) is 2.92. The van der Waals surface area contributed by atoms with Gasteiger partial charge in [-0.05, 0) is 39.4 Å². The molecule has 114 valence electrons. The monoisotopic (exact) mass is 299 g/mol. The van der Waals surface area contributed by atoms with Crippen LogP contribution in [-0.4, -0.2) is 53.7 Å². The van der Waals surface area contributed by atoms with Gasteiger partial charge in [0.05, 0.1) is 0 Å². The smallest absolute Gasteiger partial charge is 0.282 e. The zero-order valence-corrected chi connectivity index (χ0v) is 13.6. The molecule has 0 aliphatic rings. The van der Waals surface area contributed by atoms with Gasteiger partial charge in [0.15, 0.2) is 0 Å². The third kappa shape index (κ3) is 5.42. The molecule has 1 atom stereocenters. The second-order valence-corrected chi connectivity index (χ2v) is 5.68. The first-order valence-electron chi connectivity index (χ1n) is 7.15. The van der Waals surface area contributed by atoms with Crippen LogP contribution in [0.25, 0.3) is 0 Å². The first-order valence-corrected chi connectivity index (χ1v) is 7.96. The Balaban J connectivity index is 2.31. The number of rotatable bonds is 9. The van der Waals surface area contributed by atoms with Crippen molar-refractivity contribution in [2.24, 2.45) is 0 Å². The minimum Gasteiger partial charge on any atom is -0.363 e. The topological polar surface area (TPSA) is 70.2 Å². The van der Waals surface area contributed by atoms with Crippen LogP contribution in [0.5, 0.6) is 0 Å². The maximum absolute atomic E-state index is 12.0. The van der Waals surface area contributed by atoms with Crippen LogP contribution in [0.2, 0.25) is 0 Å². The van der Waals surface area contributed by atoms with Crippen molar-refractivity contribution < 1.29 is 4.79 Å². The van der Waals surface area contributed by atoms with Crippen LogP contribution in [0.15, 0.2) is 0 Å². The van der Waals surface area contributed by atoms with E-state index in [4.69, 9.17) is 0 Å². The lowest BCUT2D eigenvalue weighted by atomic mass is 10.1. The molecule has 1 heterocycles. The summed E-state index contributed by atoms with van der Waals surface area (Å²) in [6, 6.07) is 0.153. The summed E-state index contributed by atoms with van der Waals surface area (Å²) in [5, 5.41) is 14.6. The van der Waals surface area contributed by atoms with Crippen molar-refractivity contribution in [3.63, 3.8) is 0 Å². The van der Waals surface area contributed by atoms with Gasteiger partial charge in [-0.15, -0.1) is 10.2 Å². The van der Waals surface area contributed by atoms with Crippen LogP contribution in [0, 0.1) is 0 Å². The van der Waals surface area contributed by atoms with Gasteiger partial charge in [-0.3, -0.25) is 4.79 Å². The van der Waals surface area contributed by atoms with Gasteiger partial charge in [-0.25, -0.2) is 0 Å². The molecule has 7 heteroatoms. The molecule has 1 unspecified atom stereocenters. The Kier molecular flexibility index (Phi) is 7.46. The molecular formula is C13H25N5OS. The summed E-state index contributed by atoms with van der Waals surface area (Å²) in [5.41, 5.74) is 0. The fourth-order valence-corrected chi connectivity index (χ4v) is 2.53. The van der Waals surface area contributed by atoms with E-state index in [1.807, 2.05) is 6.92 Å². The molecule has 0 aliphatic heterocycles. The second-order valence-electron chi connectivity index (χ2n) is 4.71. The summed E-state index contributed by atoms with van der Waals surface area (Å²) in [5.74, 6) is -0.140. The third-order valence-electron chi connectivity index (χ3n) is 3.22. The van der Waals surface area contributed by atoms with Crippen molar-refractivity contribution in [1.82, 2.24) is 20.4 Å². The van der Waals surface area contributed by atoms with E-state index in [1.54, 1.807) is 7.05 Å². The Bertz CT molecular complexity index is 405. The molecule has 2 N–H and O–H groups in total. The summed E-state index contributed by atoms with van der Waals surface area (Å²) in [4.78, 5) is 14.3. The molecule has 0 aliphatic carbocycles. The van der Waals surface area contributed by atoms with Crippen LogP contribution < -0.4 is 10.6 Å². The molecule has 1 aromatic rings. The highest BCUT2D eigenvalue weighted by Crippen LogP contribution is 2.14. The Morgan fingerprint density at radius 1 is 1.35 bits per heavy atom. The summed E-state index contributed by atoms with van der Waals surface area (Å²) >= 11 is 1.27. The number of nitrogens with zero attached hydrogens (tertiary/aromatic N) is 3. The van der Waals surface area contributed by atoms with Gasteiger partial charge in [0.25, 0.3) is 5.91 Å². The lowest BCUT2D eigenvalue weighted by Crippen LogP contribution is -2.33. The molecule has 0 radical (unpaired) electrons. The predicted molar refractivity (Wildman–Crippen MR) is 83.4 cm³/mol. The lowest BCUT2D eigenvalue weighted by Gasteiger charge is -2.19. The summed E-state index contributed by atoms with van der Waals surface area (Å²) in [6.45, 7) is 9.60. The van der Waals surface area contributed by atoms with Crippen molar-refractivity contribution in [2.45, 2.75) is 39.7 Å². The van der Waals surface area contributed by atoms with E-state index < -0.39 is 0 Å². The highest BCUT2D eigenvalue weighted by molar-refractivity contribution is 7.17. The molecule has 0 bridgehead atoms. The van der Waals surface area contributed by atoms with Crippen molar-refractivity contribution in [3.8, 4) is 0 Å². The minimum atomic E-state index is -0.140. The number of amides is 1. The number of carbonyl (C=O) groups excluding carboxylic acids is 1. The lowest BCUT2D eigenvalue weighted by molar-refractivity contribution is 0.0936. The molecule has 1 aromatic heterocycles. The molecule has 0 fully saturated rings.